The van der Waals surface area contributed by atoms with Crippen LogP contribution < -0.4 is 15.2 Å². The van der Waals surface area contributed by atoms with E-state index >= 15 is 0 Å². The molecule has 46 heavy (non-hydrogen) atoms. The number of benzene rings is 2. The summed E-state index contributed by atoms with van der Waals surface area (Å²) in [4.78, 5) is 49.5. The lowest BCUT2D eigenvalue weighted by molar-refractivity contribution is -0.137. The van der Waals surface area contributed by atoms with Gasteiger partial charge in [-0.15, -0.1) is 23.1 Å². The summed E-state index contributed by atoms with van der Waals surface area (Å²) in [6.07, 6.45) is -0.516. The predicted octanol–water partition coefficient (Wildman–Crippen LogP) is 4.07. The number of rotatable bonds is 10. The topological polar surface area (TPSA) is 153 Å². The quantitative estimate of drug-likeness (QED) is 0.272. The number of ether oxygens (including phenoxy) is 1. The molecule has 0 unspecified atom stereocenters. The van der Waals surface area contributed by atoms with Crippen LogP contribution in [0, 0.1) is 12.3 Å². The van der Waals surface area contributed by atoms with Crippen LogP contribution in [-0.2, 0) is 15.0 Å². The number of hydrogen-bond acceptors (Lipinski definition) is 10. The third kappa shape index (κ3) is 7.31. The van der Waals surface area contributed by atoms with E-state index in [1.54, 1.807) is 44.1 Å². The van der Waals surface area contributed by atoms with Crippen LogP contribution in [0.5, 0.6) is 17.2 Å². The summed E-state index contributed by atoms with van der Waals surface area (Å²) in [5.74, 6) is -0.552. The average molecular weight is 669 g/mol. The van der Waals surface area contributed by atoms with E-state index in [1.165, 1.54) is 28.0 Å². The number of carboxylic acid groups (broad SMARTS) is 1. The molecule has 2 aromatic carbocycles. The van der Waals surface area contributed by atoms with Crippen molar-refractivity contribution in [3.05, 3.63) is 44.8 Å². The van der Waals surface area contributed by atoms with Gasteiger partial charge in [-0.05, 0) is 19.1 Å². The zero-order valence-corrected chi connectivity index (χ0v) is 28.8. The fourth-order valence-electron chi connectivity index (χ4n) is 5.63. The second-order valence-electron chi connectivity index (χ2n) is 13.1. The zero-order valence-electron chi connectivity index (χ0n) is 27.1. The molecule has 3 N–H and O–H groups in total. The summed E-state index contributed by atoms with van der Waals surface area (Å²) in [6.45, 7) is 17.6. The number of aromatic hydroxyl groups is 2. The Morgan fingerprint density at radius 2 is 1.70 bits per heavy atom. The van der Waals surface area contributed by atoms with Gasteiger partial charge in [0.25, 0.3) is 0 Å². The minimum atomic E-state index is -0.964. The van der Waals surface area contributed by atoms with Gasteiger partial charge >= 0.3 is 12.1 Å². The Balaban J connectivity index is 1.37. The first-order chi connectivity index (χ1) is 21.3. The molecule has 0 saturated heterocycles. The van der Waals surface area contributed by atoms with Crippen LogP contribution in [0.1, 0.15) is 50.3 Å². The smallest absolute Gasteiger partial charge is 0.414 e. The van der Waals surface area contributed by atoms with E-state index in [4.69, 9.17) is 4.74 Å². The van der Waals surface area contributed by atoms with E-state index in [1.807, 2.05) is 27.7 Å². The number of carbonyl (C=O) groups excluding carboxylic acids is 2. The molecule has 4 rings (SSSR count). The number of nitrogens with zero attached hydrogens (tertiary/aromatic N) is 4. The number of phenols is 2. The molecule has 1 atom stereocenters. The largest absolute Gasteiger partial charge is 0.507 e. The second kappa shape index (κ2) is 13.0. The minimum Gasteiger partial charge on any atom is -0.507 e. The van der Waals surface area contributed by atoms with Crippen LogP contribution in [0.3, 0.4) is 0 Å². The molecule has 0 radical (unpaired) electrons. The number of carboxylic acids is 1. The highest BCUT2D eigenvalue weighted by atomic mass is 32.2. The second-order valence-corrected chi connectivity index (χ2v) is 15.1. The molecule has 2 heterocycles. The monoisotopic (exact) mass is 668 g/mol. The summed E-state index contributed by atoms with van der Waals surface area (Å²) in [5, 5.41) is 32.3. The van der Waals surface area contributed by atoms with Crippen LogP contribution in [0.4, 0.5) is 4.79 Å². The van der Waals surface area contributed by atoms with Crippen LogP contribution in [-0.4, -0.2) is 92.1 Å². The maximum Gasteiger partial charge on any atom is 0.414 e. The highest BCUT2D eigenvalue weighted by Gasteiger charge is 2.33. The van der Waals surface area contributed by atoms with Gasteiger partial charge in [-0.25, -0.2) is 14.6 Å². The van der Waals surface area contributed by atoms with Gasteiger partial charge < -0.3 is 29.9 Å². The van der Waals surface area contributed by atoms with Gasteiger partial charge in [0.15, 0.2) is 6.04 Å². The summed E-state index contributed by atoms with van der Waals surface area (Å²) in [5.41, 5.74) is 0.169. The van der Waals surface area contributed by atoms with Crippen molar-refractivity contribution in [2.75, 3.05) is 32.9 Å². The van der Waals surface area contributed by atoms with Gasteiger partial charge in [-0.2, -0.15) is 0 Å². The standard InChI is InChI=1S/C33H40N4O7S2/c1-17-18(2)27(40)25(19(3)26(17)39)33(6,7)13-24(38)36(8)15-32(4,5)16-37(9)31(43)44-20-10-11-21-23(12-20)46-29(34-21)28-35-22(14-45-28)30(41)42/h10-12,22,39-40H,2-3,13-16H2,1,4-9H3,(H,41,42)/t22-/m1/s1. The van der Waals surface area contributed by atoms with Crippen molar-refractivity contribution in [1.82, 2.24) is 14.8 Å². The van der Waals surface area contributed by atoms with Gasteiger partial charge in [0, 0.05) is 77.8 Å². The van der Waals surface area contributed by atoms with Crippen molar-refractivity contribution < 1.29 is 34.4 Å². The Kier molecular flexibility index (Phi) is 9.79. The molecular weight excluding hydrogens is 629 g/mol. The Labute approximate surface area is 275 Å². The van der Waals surface area contributed by atoms with Crippen molar-refractivity contribution in [2.24, 2.45) is 10.4 Å². The molecule has 0 saturated carbocycles. The van der Waals surface area contributed by atoms with Crippen molar-refractivity contribution in [2.45, 2.75) is 52.5 Å². The molecule has 0 bridgehead atoms. The molecular formula is C33H40N4O7S2. The first-order valence-electron chi connectivity index (χ1n) is 14.6. The van der Waals surface area contributed by atoms with E-state index in [-0.39, 0.29) is 29.0 Å². The van der Waals surface area contributed by atoms with Gasteiger partial charge in [-0.1, -0.05) is 40.9 Å². The lowest BCUT2D eigenvalue weighted by Crippen LogP contribution is -2.45. The molecule has 246 valence electrons. The van der Waals surface area contributed by atoms with Crippen LogP contribution in [0.25, 0.3) is 23.4 Å². The summed E-state index contributed by atoms with van der Waals surface area (Å²) < 4.78 is 6.43. The number of thioether (sulfide) groups is 1. The number of thiazole rings is 1. The summed E-state index contributed by atoms with van der Waals surface area (Å²) in [7, 11) is 3.32. The summed E-state index contributed by atoms with van der Waals surface area (Å²) in [6, 6.07) is 4.34. The molecule has 3 aromatic rings. The predicted molar refractivity (Wildman–Crippen MR) is 183 cm³/mol. The normalized spacial score (nSPS) is 15.1. The highest BCUT2D eigenvalue weighted by molar-refractivity contribution is 8.15. The summed E-state index contributed by atoms with van der Waals surface area (Å²) >= 11 is 2.71. The molecule has 11 nitrogen and oxygen atoms in total. The van der Waals surface area contributed by atoms with Crippen molar-refractivity contribution >= 4 is 69.5 Å². The maximum atomic E-state index is 13.4. The van der Waals surface area contributed by atoms with Crippen LogP contribution >= 0.6 is 23.1 Å². The molecule has 13 heteroatoms. The first kappa shape index (κ1) is 34.8. The SMILES string of the molecule is C=c1c(C)c(O)c(=C)c(C(C)(C)CC(=O)N(C)CC(C)(C)CN(C)C(=O)Oc2ccc3nc(C4=N[C@@H](C(=O)O)CS4)sc3c2)c1O. The zero-order chi connectivity index (χ0) is 34.3. The van der Waals surface area contributed by atoms with E-state index < -0.39 is 28.9 Å². The molecule has 1 aliphatic rings. The number of hydrogen-bond donors (Lipinski definition) is 3. The van der Waals surface area contributed by atoms with Crippen LogP contribution in [0.15, 0.2) is 23.2 Å². The fourth-order valence-corrected chi connectivity index (χ4v) is 7.72. The third-order valence-electron chi connectivity index (χ3n) is 7.94. The third-order valence-corrected chi connectivity index (χ3v) is 10.1. The highest BCUT2D eigenvalue weighted by Crippen LogP contribution is 2.34. The van der Waals surface area contributed by atoms with E-state index in [0.717, 1.165) is 4.70 Å². The number of amides is 2. The van der Waals surface area contributed by atoms with Gasteiger partial charge in [0.2, 0.25) is 5.91 Å². The number of aliphatic imine (C=N–C) groups is 1. The Bertz CT molecular complexity index is 1850. The average Bonchev–Trinajstić information content (AvgIpc) is 3.61. The van der Waals surface area contributed by atoms with Gasteiger partial charge in [0.1, 0.15) is 27.3 Å². The molecule has 0 aliphatic carbocycles. The van der Waals surface area contributed by atoms with E-state index in [9.17, 15) is 29.7 Å². The molecule has 0 fully saturated rings. The number of aliphatic carboxylic acids is 1. The molecule has 0 spiro atoms. The lowest BCUT2D eigenvalue weighted by atomic mass is 9.78. The Hall–Kier alpha value is -4.10. The molecule has 1 aliphatic heterocycles. The van der Waals surface area contributed by atoms with Crippen molar-refractivity contribution in [3.8, 4) is 17.2 Å². The maximum absolute atomic E-state index is 13.4. The van der Waals surface area contributed by atoms with Crippen LogP contribution in [0.2, 0.25) is 0 Å². The number of aromatic nitrogens is 1. The van der Waals surface area contributed by atoms with Crippen molar-refractivity contribution in [1.29, 1.82) is 0 Å². The Morgan fingerprint density at radius 1 is 1.04 bits per heavy atom. The number of carbonyl (C=O) groups is 3. The molecule has 2 amide bonds. The van der Waals surface area contributed by atoms with E-state index in [2.05, 4.69) is 23.1 Å². The number of phenolic OH excluding ortho intramolecular Hbond substituents is 2. The fraction of sp³-hybridized carbons (Fsp3) is 0.424. The minimum absolute atomic E-state index is 0.0451. The molecule has 1 aromatic heterocycles. The first-order valence-corrected chi connectivity index (χ1v) is 16.4. The Morgan fingerprint density at radius 3 is 2.33 bits per heavy atom. The van der Waals surface area contributed by atoms with Gasteiger partial charge in [0.05, 0.1) is 10.2 Å². The van der Waals surface area contributed by atoms with Crippen molar-refractivity contribution in [3.63, 3.8) is 0 Å². The van der Waals surface area contributed by atoms with E-state index in [0.29, 0.717) is 56.5 Å². The van der Waals surface area contributed by atoms with Gasteiger partial charge in [-0.3, -0.25) is 9.79 Å². The lowest BCUT2D eigenvalue weighted by Gasteiger charge is -2.35. The number of fused-ring (bicyclic) bond motifs is 1.